The second kappa shape index (κ2) is 8.26. The summed E-state index contributed by atoms with van der Waals surface area (Å²) in [5.41, 5.74) is -0.562. The largest absolute Gasteiger partial charge is 0.465 e. The van der Waals surface area contributed by atoms with E-state index < -0.39 is 5.41 Å². The van der Waals surface area contributed by atoms with E-state index in [0.29, 0.717) is 6.42 Å². The van der Waals surface area contributed by atoms with Crippen molar-refractivity contribution in [3.8, 4) is 0 Å². The Kier molecular flexibility index (Phi) is 7.85. The Morgan fingerprint density at radius 2 is 1.88 bits per heavy atom. The fraction of sp³-hybridized carbons (Fsp3) is 0.857. The molecule has 0 amide bonds. The predicted molar refractivity (Wildman–Crippen MR) is 68.7 cm³/mol. The molecule has 100 valence electrons. The van der Waals surface area contributed by atoms with Gasteiger partial charge < -0.3 is 9.53 Å². The van der Waals surface area contributed by atoms with Gasteiger partial charge in [0.2, 0.25) is 0 Å². The summed E-state index contributed by atoms with van der Waals surface area (Å²) in [7, 11) is 0. The smallest absolute Gasteiger partial charge is 0.305 e. The van der Waals surface area contributed by atoms with Crippen LogP contribution in [-0.4, -0.2) is 18.9 Å². The van der Waals surface area contributed by atoms with Gasteiger partial charge in [-0.2, -0.15) is 0 Å². The topological polar surface area (TPSA) is 43.4 Å². The molecule has 0 aromatic rings. The summed E-state index contributed by atoms with van der Waals surface area (Å²) in [5, 5.41) is 0. The number of ether oxygens (including phenoxy) is 1. The first kappa shape index (κ1) is 16.1. The Bertz CT molecular complexity index is 232. The number of carbonyl (C=O) groups is 2. The van der Waals surface area contributed by atoms with Crippen molar-refractivity contribution < 1.29 is 14.3 Å². The van der Waals surface area contributed by atoms with Gasteiger partial charge in [-0.1, -0.05) is 33.1 Å². The van der Waals surface area contributed by atoms with Crippen molar-refractivity contribution in [3.05, 3.63) is 0 Å². The third-order valence-corrected chi connectivity index (χ3v) is 2.59. The van der Waals surface area contributed by atoms with E-state index >= 15 is 0 Å². The number of aldehydes is 1. The first-order chi connectivity index (χ1) is 7.87. The normalized spacial score (nSPS) is 11.6. The Hall–Kier alpha value is -0.860. The van der Waals surface area contributed by atoms with Crippen LogP contribution in [0.3, 0.4) is 0 Å². The lowest BCUT2D eigenvalue weighted by atomic mass is 9.98. The first-order valence-electron chi connectivity index (χ1n) is 6.49. The van der Waals surface area contributed by atoms with E-state index in [1.165, 1.54) is 12.8 Å². The standard InChI is InChI=1S/C14H26O3/c1-12(2)8-6-5-7-9-13(16)17-11-14(3,4)10-15/h10,12H,5-9,11H2,1-4H3. The van der Waals surface area contributed by atoms with Gasteiger partial charge in [0.05, 0.1) is 5.41 Å². The SMILES string of the molecule is CC(C)CCCCCC(=O)OCC(C)(C)C=O. The van der Waals surface area contributed by atoms with Gasteiger partial charge in [0.1, 0.15) is 12.9 Å². The molecule has 0 fully saturated rings. The van der Waals surface area contributed by atoms with E-state index in [0.717, 1.165) is 25.0 Å². The second-order valence-electron chi connectivity index (χ2n) is 5.76. The molecule has 0 unspecified atom stereocenters. The van der Waals surface area contributed by atoms with Crippen LogP contribution in [0.1, 0.15) is 59.8 Å². The van der Waals surface area contributed by atoms with Crippen molar-refractivity contribution >= 4 is 12.3 Å². The molecule has 0 aromatic carbocycles. The summed E-state index contributed by atoms with van der Waals surface area (Å²) < 4.78 is 5.06. The summed E-state index contributed by atoms with van der Waals surface area (Å²) in [6, 6.07) is 0. The highest BCUT2D eigenvalue weighted by Gasteiger charge is 2.18. The van der Waals surface area contributed by atoms with Gasteiger partial charge in [-0.05, 0) is 26.2 Å². The maximum absolute atomic E-state index is 11.4. The number of unbranched alkanes of at least 4 members (excludes halogenated alkanes) is 2. The average molecular weight is 242 g/mol. The van der Waals surface area contributed by atoms with Crippen LogP contribution in [0.15, 0.2) is 0 Å². The molecular weight excluding hydrogens is 216 g/mol. The molecule has 0 aliphatic carbocycles. The fourth-order valence-electron chi connectivity index (χ4n) is 1.37. The molecule has 0 radical (unpaired) electrons. The zero-order valence-corrected chi connectivity index (χ0v) is 11.6. The Morgan fingerprint density at radius 3 is 2.41 bits per heavy atom. The van der Waals surface area contributed by atoms with Crippen molar-refractivity contribution in [1.29, 1.82) is 0 Å². The van der Waals surface area contributed by atoms with Crippen molar-refractivity contribution in [2.45, 2.75) is 59.8 Å². The summed E-state index contributed by atoms with van der Waals surface area (Å²) in [4.78, 5) is 22.0. The molecule has 0 spiro atoms. The van der Waals surface area contributed by atoms with Crippen LogP contribution >= 0.6 is 0 Å². The molecule has 0 aliphatic rings. The van der Waals surface area contributed by atoms with Crippen LogP contribution in [0.2, 0.25) is 0 Å². The molecule has 0 aromatic heterocycles. The fourth-order valence-corrected chi connectivity index (χ4v) is 1.37. The Balaban J connectivity index is 3.51. The second-order valence-corrected chi connectivity index (χ2v) is 5.76. The minimum atomic E-state index is -0.562. The number of esters is 1. The summed E-state index contributed by atoms with van der Waals surface area (Å²) >= 11 is 0. The lowest BCUT2D eigenvalue weighted by Crippen LogP contribution is -2.23. The molecule has 0 saturated heterocycles. The van der Waals surface area contributed by atoms with Crippen molar-refractivity contribution in [1.82, 2.24) is 0 Å². The third kappa shape index (κ3) is 10.0. The Labute approximate surface area is 105 Å². The van der Waals surface area contributed by atoms with Gasteiger partial charge in [0, 0.05) is 6.42 Å². The minimum absolute atomic E-state index is 0.182. The zero-order valence-electron chi connectivity index (χ0n) is 11.6. The maximum atomic E-state index is 11.4. The maximum Gasteiger partial charge on any atom is 0.305 e. The molecule has 0 bridgehead atoms. The van der Waals surface area contributed by atoms with Crippen LogP contribution in [0.25, 0.3) is 0 Å². The van der Waals surface area contributed by atoms with E-state index in [9.17, 15) is 9.59 Å². The van der Waals surface area contributed by atoms with Crippen LogP contribution in [0.4, 0.5) is 0 Å². The van der Waals surface area contributed by atoms with Gasteiger partial charge >= 0.3 is 5.97 Å². The van der Waals surface area contributed by atoms with Crippen LogP contribution in [0.5, 0.6) is 0 Å². The number of hydrogen-bond acceptors (Lipinski definition) is 3. The van der Waals surface area contributed by atoms with Crippen LogP contribution in [0, 0.1) is 11.3 Å². The van der Waals surface area contributed by atoms with Crippen molar-refractivity contribution in [2.24, 2.45) is 11.3 Å². The number of rotatable bonds is 9. The van der Waals surface area contributed by atoms with Crippen molar-refractivity contribution in [2.75, 3.05) is 6.61 Å². The van der Waals surface area contributed by atoms with E-state index in [-0.39, 0.29) is 12.6 Å². The first-order valence-corrected chi connectivity index (χ1v) is 6.49. The van der Waals surface area contributed by atoms with E-state index in [1.54, 1.807) is 13.8 Å². The molecule has 3 nitrogen and oxygen atoms in total. The molecule has 0 rings (SSSR count). The van der Waals surface area contributed by atoms with Gasteiger partial charge in [-0.15, -0.1) is 0 Å². The number of carbonyl (C=O) groups excluding carboxylic acids is 2. The molecule has 17 heavy (non-hydrogen) atoms. The highest BCUT2D eigenvalue weighted by molar-refractivity contribution is 5.70. The molecule has 0 heterocycles. The summed E-state index contributed by atoms with van der Waals surface area (Å²) in [6.45, 7) is 8.11. The van der Waals surface area contributed by atoms with E-state index in [4.69, 9.17) is 4.74 Å². The summed E-state index contributed by atoms with van der Waals surface area (Å²) in [5.74, 6) is 0.541. The van der Waals surface area contributed by atoms with E-state index in [2.05, 4.69) is 13.8 Å². The summed E-state index contributed by atoms with van der Waals surface area (Å²) in [6.07, 6.45) is 5.63. The van der Waals surface area contributed by atoms with Gasteiger partial charge in [-0.25, -0.2) is 0 Å². The minimum Gasteiger partial charge on any atom is -0.465 e. The molecule has 3 heteroatoms. The lowest BCUT2D eigenvalue weighted by molar-refractivity contribution is -0.147. The number of hydrogen-bond donors (Lipinski definition) is 0. The monoisotopic (exact) mass is 242 g/mol. The zero-order chi connectivity index (χ0) is 13.3. The average Bonchev–Trinajstić information content (AvgIpc) is 2.26. The highest BCUT2D eigenvalue weighted by atomic mass is 16.5. The Morgan fingerprint density at radius 1 is 1.24 bits per heavy atom. The molecule has 0 atom stereocenters. The predicted octanol–water partition coefficient (Wildman–Crippen LogP) is 3.36. The van der Waals surface area contributed by atoms with Crippen LogP contribution in [-0.2, 0) is 14.3 Å². The molecule has 0 aliphatic heterocycles. The molecule has 0 saturated carbocycles. The van der Waals surface area contributed by atoms with Gasteiger partial charge in [-0.3, -0.25) is 4.79 Å². The lowest BCUT2D eigenvalue weighted by Gasteiger charge is -2.16. The van der Waals surface area contributed by atoms with E-state index in [1.807, 2.05) is 0 Å². The van der Waals surface area contributed by atoms with Gasteiger partial charge in [0.15, 0.2) is 0 Å². The van der Waals surface area contributed by atoms with Gasteiger partial charge in [0.25, 0.3) is 0 Å². The van der Waals surface area contributed by atoms with Crippen molar-refractivity contribution in [3.63, 3.8) is 0 Å². The third-order valence-electron chi connectivity index (χ3n) is 2.59. The molecular formula is C14H26O3. The quantitative estimate of drug-likeness (QED) is 0.354. The molecule has 0 N–H and O–H groups in total. The van der Waals surface area contributed by atoms with Crippen LogP contribution < -0.4 is 0 Å². The highest BCUT2D eigenvalue weighted by Crippen LogP contribution is 2.13.